The monoisotopic (exact) mass is 302 g/mol. The zero-order chi connectivity index (χ0) is 14.8. The maximum absolute atomic E-state index is 12.4. The van der Waals surface area contributed by atoms with Crippen molar-refractivity contribution in [3.63, 3.8) is 0 Å². The number of piperidine rings is 1. The highest BCUT2D eigenvalue weighted by Crippen LogP contribution is 2.21. The summed E-state index contributed by atoms with van der Waals surface area (Å²) < 4.78 is 27.2. The van der Waals surface area contributed by atoms with Crippen LogP contribution in [0.4, 0.5) is 0 Å². The Balaban J connectivity index is 2.07. The van der Waals surface area contributed by atoms with Crippen molar-refractivity contribution in [2.75, 3.05) is 20.1 Å². The number of carboxylic acids is 1. The molecule has 20 heavy (non-hydrogen) atoms. The summed E-state index contributed by atoms with van der Waals surface area (Å²) >= 11 is 0. The third-order valence-corrected chi connectivity index (χ3v) is 5.28. The van der Waals surface area contributed by atoms with Crippen LogP contribution >= 0.6 is 0 Å². The molecule has 0 aromatic carbocycles. The average Bonchev–Trinajstić information content (AvgIpc) is 2.91. The first kappa shape index (κ1) is 14.9. The smallest absolute Gasteiger partial charge is 0.307 e. The Labute approximate surface area is 117 Å². The van der Waals surface area contributed by atoms with E-state index in [9.17, 15) is 13.2 Å². The Morgan fingerprint density at radius 3 is 3.00 bits per heavy atom. The van der Waals surface area contributed by atoms with Crippen molar-refractivity contribution >= 4 is 16.2 Å². The van der Waals surface area contributed by atoms with Crippen molar-refractivity contribution in [2.24, 2.45) is 5.92 Å². The van der Waals surface area contributed by atoms with Crippen LogP contribution in [0.2, 0.25) is 0 Å². The van der Waals surface area contributed by atoms with E-state index in [0.29, 0.717) is 25.2 Å². The molecule has 1 aromatic heterocycles. The lowest BCUT2D eigenvalue weighted by Gasteiger charge is -2.32. The molecule has 8 nitrogen and oxygen atoms in total. The topological polar surface area (TPSA) is 107 Å². The highest BCUT2D eigenvalue weighted by molar-refractivity contribution is 7.86. The molecule has 1 aliphatic heterocycles. The Kier molecular flexibility index (Phi) is 4.41. The Hall–Kier alpha value is -1.45. The number of H-pyrrole nitrogens is 1. The van der Waals surface area contributed by atoms with Gasteiger partial charge in [-0.05, 0) is 12.8 Å². The molecule has 1 fully saturated rings. The normalized spacial score (nSPS) is 21.2. The van der Waals surface area contributed by atoms with Crippen molar-refractivity contribution in [1.82, 2.24) is 18.6 Å². The Morgan fingerprint density at radius 2 is 2.40 bits per heavy atom. The molecule has 1 aromatic rings. The highest BCUT2D eigenvalue weighted by atomic mass is 32.2. The minimum atomic E-state index is -3.66. The lowest BCUT2D eigenvalue weighted by Crippen LogP contribution is -2.47. The lowest BCUT2D eigenvalue weighted by molar-refractivity contribution is -0.142. The van der Waals surface area contributed by atoms with Crippen LogP contribution in [-0.4, -0.2) is 58.2 Å². The fourth-order valence-corrected chi connectivity index (χ4v) is 3.64. The SMILES string of the molecule is CN(Cc1ncc[nH]1)S(=O)(=O)N1CCCC(C(=O)O)C1. The van der Waals surface area contributed by atoms with E-state index in [-0.39, 0.29) is 13.1 Å². The number of nitrogens with one attached hydrogen (secondary N) is 1. The van der Waals surface area contributed by atoms with E-state index in [2.05, 4.69) is 9.97 Å². The van der Waals surface area contributed by atoms with E-state index in [1.807, 2.05) is 0 Å². The molecule has 1 aliphatic rings. The molecule has 2 heterocycles. The fourth-order valence-electron chi connectivity index (χ4n) is 2.23. The van der Waals surface area contributed by atoms with Gasteiger partial charge in [-0.25, -0.2) is 4.98 Å². The molecule has 9 heteroatoms. The molecule has 0 spiro atoms. The van der Waals surface area contributed by atoms with Gasteiger partial charge in [-0.15, -0.1) is 0 Å². The molecule has 0 bridgehead atoms. The summed E-state index contributed by atoms with van der Waals surface area (Å²) in [6.45, 7) is 0.512. The molecular weight excluding hydrogens is 284 g/mol. The summed E-state index contributed by atoms with van der Waals surface area (Å²) in [5, 5.41) is 9.02. The van der Waals surface area contributed by atoms with E-state index in [4.69, 9.17) is 5.11 Å². The molecule has 1 atom stereocenters. The van der Waals surface area contributed by atoms with Crippen LogP contribution in [0.15, 0.2) is 12.4 Å². The van der Waals surface area contributed by atoms with Crippen LogP contribution in [0, 0.1) is 5.92 Å². The molecule has 1 unspecified atom stereocenters. The molecule has 112 valence electrons. The second kappa shape index (κ2) is 5.90. The number of rotatable bonds is 5. The van der Waals surface area contributed by atoms with E-state index in [0.717, 1.165) is 0 Å². The number of hydrogen-bond donors (Lipinski definition) is 2. The van der Waals surface area contributed by atoms with Gasteiger partial charge in [-0.3, -0.25) is 4.79 Å². The van der Waals surface area contributed by atoms with Gasteiger partial charge in [0.05, 0.1) is 12.5 Å². The van der Waals surface area contributed by atoms with E-state index < -0.39 is 22.1 Å². The number of aromatic amines is 1. The number of imidazole rings is 1. The number of carbonyl (C=O) groups is 1. The minimum Gasteiger partial charge on any atom is -0.481 e. The van der Waals surface area contributed by atoms with Gasteiger partial charge in [-0.2, -0.15) is 17.0 Å². The van der Waals surface area contributed by atoms with Crippen LogP contribution < -0.4 is 0 Å². The van der Waals surface area contributed by atoms with Gasteiger partial charge in [0, 0.05) is 32.5 Å². The summed E-state index contributed by atoms with van der Waals surface area (Å²) in [4.78, 5) is 17.8. The standard InChI is InChI=1S/C11H18N4O4S/c1-14(8-10-12-4-5-13-10)20(18,19)15-6-2-3-9(7-15)11(16)17/h4-5,9H,2-3,6-8H2,1H3,(H,12,13)(H,16,17). The van der Waals surface area contributed by atoms with Crippen molar-refractivity contribution < 1.29 is 18.3 Å². The number of carboxylic acid groups (broad SMARTS) is 1. The van der Waals surface area contributed by atoms with Gasteiger partial charge in [0.2, 0.25) is 0 Å². The molecule has 0 saturated carbocycles. The molecule has 0 radical (unpaired) electrons. The second-order valence-corrected chi connectivity index (χ2v) is 6.87. The van der Waals surface area contributed by atoms with Crippen molar-refractivity contribution in [1.29, 1.82) is 0 Å². The van der Waals surface area contributed by atoms with Gasteiger partial charge < -0.3 is 10.1 Å². The van der Waals surface area contributed by atoms with E-state index in [1.54, 1.807) is 12.4 Å². The predicted molar refractivity (Wildman–Crippen MR) is 70.9 cm³/mol. The molecule has 0 aliphatic carbocycles. The summed E-state index contributed by atoms with van der Waals surface area (Å²) in [6.07, 6.45) is 4.25. The minimum absolute atomic E-state index is 0.0279. The Morgan fingerprint density at radius 1 is 1.65 bits per heavy atom. The third-order valence-electron chi connectivity index (χ3n) is 3.38. The van der Waals surface area contributed by atoms with Crippen LogP contribution in [0.5, 0.6) is 0 Å². The first-order valence-electron chi connectivity index (χ1n) is 6.33. The van der Waals surface area contributed by atoms with Crippen LogP contribution in [0.1, 0.15) is 18.7 Å². The highest BCUT2D eigenvalue weighted by Gasteiger charge is 2.34. The number of aromatic nitrogens is 2. The van der Waals surface area contributed by atoms with Crippen molar-refractivity contribution in [2.45, 2.75) is 19.4 Å². The molecule has 2 rings (SSSR count). The summed E-state index contributed by atoms with van der Waals surface area (Å²) in [7, 11) is -2.20. The number of nitrogens with zero attached hydrogens (tertiary/aromatic N) is 3. The molecule has 0 amide bonds. The molecule has 1 saturated heterocycles. The molecule has 2 N–H and O–H groups in total. The summed E-state index contributed by atoms with van der Waals surface area (Å²) in [6, 6.07) is 0. The van der Waals surface area contributed by atoms with Crippen LogP contribution in [0.25, 0.3) is 0 Å². The van der Waals surface area contributed by atoms with E-state index in [1.165, 1.54) is 15.7 Å². The largest absolute Gasteiger partial charge is 0.481 e. The predicted octanol–water partition coefficient (Wildman–Crippen LogP) is -0.117. The van der Waals surface area contributed by atoms with Crippen molar-refractivity contribution in [3.8, 4) is 0 Å². The van der Waals surface area contributed by atoms with Gasteiger partial charge in [0.1, 0.15) is 5.82 Å². The lowest BCUT2D eigenvalue weighted by atomic mass is 10.0. The van der Waals surface area contributed by atoms with E-state index >= 15 is 0 Å². The quantitative estimate of drug-likeness (QED) is 0.789. The average molecular weight is 302 g/mol. The number of aliphatic carboxylic acids is 1. The third kappa shape index (κ3) is 3.17. The van der Waals surface area contributed by atoms with Crippen molar-refractivity contribution in [3.05, 3.63) is 18.2 Å². The van der Waals surface area contributed by atoms with Gasteiger partial charge in [0.25, 0.3) is 10.2 Å². The zero-order valence-electron chi connectivity index (χ0n) is 11.2. The Bertz CT molecular complexity index is 557. The summed E-state index contributed by atoms with van der Waals surface area (Å²) in [5.74, 6) is -1.03. The van der Waals surface area contributed by atoms with Crippen LogP contribution in [0.3, 0.4) is 0 Å². The molecular formula is C11H18N4O4S. The van der Waals surface area contributed by atoms with Crippen LogP contribution in [-0.2, 0) is 21.5 Å². The first-order chi connectivity index (χ1) is 9.41. The second-order valence-electron chi connectivity index (χ2n) is 4.84. The van der Waals surface area contributed by atoms with Gasteiger partial charge in [-0.1, -0.05) is 0 Å². The summed E-state index contributed by atoms with van der Waals surface area (Å²) in [5.41, 5.74) is 0. The maximum Gasteiger partial charge on any atom is 0.307 e. The zero-order valence-corrected chi connectivity index (χ0v) is 12.0. The number of hydrogen-bond acceptors (Lipinski definition) is 4. The van der Waals surface area contributed by atoms with Gasteiger partial charge in [0.15, 0.2) is 0 Å². The maximum atomic E-state index is 12.4. The van der Waals surface area contributed by atoms with Gasteiger partial charge >= 0.3 is 5.97 Å². The fraction of sp³-hybridized carbons (Fsp3) is 0.636. The first-order valence-corrected chi connectivity index (χ1v) is 7.73.